The van der Waals surface area contributed by atoms with Gasteiger partial charge in [0, 0.05) is 17.8 Å². The topological polar surface area (TPSA) is 55.9 Å². The van der Waals surface area contributed by atoms with Crippen LogP contribution in [-0.2, 0) is 6.54 Å². The maximum absolute atomic E-state index is 6.15. The van der Waals surface area contributed by atoms with Crippen LogP contribution in [0.4, 0.5) is 11.5 Å². The van der Waals surface area contributed by atoms with E-state index in [0.29, 0.717) is 4.75 Å². The second-order valence-electron chi connectivity index (χ2n) is 5.52. The van der Waals surface area contributed by atoms with E-state index < -0.39 is 0 Å². The number of thioether (sulfide) groups is 1. The molecular weight excluding hydrogens is 256 g/mol. The summed E-state index contributed by atoms with van der Waals surface area (Å²) in [6.07, 6.45) is 8.62. The summed E-state index contributed by atoms with van der Waals surface area (Å²) in [7, 11) is 0. The van der Waals surface area contributed by atoms with E-state index in [1.807, 2.05) is 23.4 Å². The first-order chi connectivity index (χ1) is 9.12. The zero-order valence-electron chi connectivity index (χ0n) is 12.3. The molecular formula is C14H26N4S. The van der Waals surface area contributed by atoms with Crippen molar-refractivity contribution < 1.29 is 0 Å². The summed E-state index contributed by atoms with van der Waals surface area (Å²) in [5.74, 6) is 1.01. The first-order valence-electron chi connectivity index (χ1n) is 7.24. The Morgan fingerprint density at radius 2 is 2.11 bits per heavy atom. The van der Waals surface area contributed by atoms with Gasteiger partial charge in [-0.15, -0.1) is 0 Å². The van der Waals surface area contributed by atoms with Crippen LogP contribution in [0.3, 0.4) is 0 Å². The smallest absolute Gasteiger partial charge is 0.148 e. The molecule has 0 unspecified atom stereocenters. The zero-order valence-corrected chi connectivity index (χ0v) is 13.1. The number of nitrogens with two attached hydrogens (primary N) is 1. The molecule has 2 rings (SSSR count). The summed E-state index contributed by atoms with van der Waals surface area (Å²) in [6, 6.07) is 0. The maximum Gasteiger partial charge on any atom is 0.148 e. The van der Waals surface area contributed by atoms with Crippen LogP contribution in [0.1, 0.15) is 44.7 Å². The van der Waals surface area contributed by atoms with Gasteiger partial charge in [0.1, 0.15) is 5.82 Å². The van der Waals surface area contributed by atoms with Crippen molar-refractivity contribution in [3.05, 3.63) is 5.69 Å². The predicted molar refractivity (Wildman–Crippen MR) is 84.9 cm³/mol. The van der Waals surface area contributed by atoms with Gasteiger partial charge in [-0.3, -0.25) is 0 Å². The number of rotatable bonds is 6. The predicted octanol–water partition coefficient (Wildman–Crippen LogP) is 3.27. The number of nitrogens with one attached hydrogen (secondary N) is 1. The molecule has 1 aliphatic rings. The van der Waals surface area contributed by atoms with Gasteiger partial charge in [-0.2, -0.15) is 16.9 Å². The third-order valence-electron chi connectivity index (χ3n) is 4.13. The molecule has 3 N–H and O–H groups in total. The van der Waals surface area contributed by atoms with Gasteiger partial charge < -0.3 is 11.1 Å². The average molecular weight is 282 g/mol. The van der Waals surface area contributed by atoms with Crippen LogP contribution in [0.25, 0.3) is 0 Å². The van der Waals surface area contributed by atoms with Crippen molar-refractivity contribution in [2.45, 2.75) is 57.2 Å². The van der Waals surface area contributed by atoms with Crippen LogP contribution in [0.2, 0.25) is 0 Å². The number of nitrogen functional groups attached to an aromatic ring is 1. The highest BCUT2D eigenvalue weighted by Crippen LogP contribution is 2.40. The molecule has 4 nitrogen and oxygen atoms in total. The van der Waals surface area contributed by atoms with Crippen molar-refractivity contribution in [3.63, 3.8) is 0 Å². The first kappa shape index (κ1) is 14.6. The summed E-state index contributed by atoms with van der Waals surface area (Å²) in [5.41, 5.74) is 7.89. The molecule has 1 aromatic rings. The van der Waals surface area contributed by atoms with E-state index in [-0.39, 0.29) is 0 Å². The number of nitrogens with zero attached hydrogens (tertiary/aromatic N) is 2. The van der Waals surface area contributed by atoms with Crippen LogP contribution in [-0.4, -0.2) is 27.3 Å². The highest BCUT2D eigenvalue weighted by atomic mass is 32.2. The molecule has 1 aromatic heterocycles. The summed E-state index contributed by atoms with van der Waals surface area (Å²) < 4.78 is 2.41. The number of hydrogen-bond acceptors (Lipinski definition) is 4. The standard InChI is InChI=1S/C14H26N4S/c1-4-9-18-13(12(15)11(2)17-18)16-10-14(19-3)7-5-6-8-14/h16H,4-10,15H2,1-3H3. The van der Waals surface area contributed by atoms with Crippen LogP contribution >= 0.6 is 11.8 Å². The fourth-order valence-corrected chi connectivity index (χ4v) is 3.79. The van der Waals surface area contributed by atoms with Crippen LogP contribution in [0.15, 0.2) is 0 Å². The molecule has 0 saturated heterocycles. The molecule has 19 heavy (non-hydrogen) atoms. The minimum absolute atomic E-state index is 0.391. The Balaban J connectivity index is 2.10. The summed E-state index contributed by atoms with van der Waals surface area (Å²) in [6.45, 7) is 6.06. The van der Waals surface area contributed by atoms with E-state index in [4.69, 9.17) is 5.73 Å². The number of aryl methyl sites for hydroxylation is 2. The molecule has 0 radical (unpaired) electrons. The van der Waals surface area contributed by atoms with Crippen molar-refractivity contribution in [3.8, 4) is 0 Å². The molecule has 1 aliphatic carbocycles. The minimum atomic E-state index is 0.391. The van der Waals surface area contributed by atoms with E-state index in [9.17, 15) is 0 Å². The van der Waals surface area contributed by atoms with E-state index in [0.717, 1.165) is 36.7 Å². The van der Waals surface area contributed by atoms with Gasteiger partial charge in [-0.25, -0.2) is 4.68 Å². The highest BCUT2D eigenvalue weighted by molar-refractivity contribution is 8.00. The van der Waals surface area contributed by atoms with Crippen molar-refractivity contribution in [1.29, 1.82) is 0 Å². The van der Waals surface area contributed by atoms with Crippen molar-refractivity contribution in [2.24, 2.45) is 0 Å². The van der Waals surface area contributed by atoms with Gasteiger partial charge in [-0.05, 0) is 32.4 Å². The molecule has 0 bridgehead atoms. The first-order valence-corrected chi connectivity index (χ1v) is 8.46. The normalized spacial score (nSPS) is 17.8. The van der Waals surface area contributed by atoms with Gasteiger partial charge in [0.25, 0.3) is 0 Å². The van der Waals surface area contributed by atoms with Gasteiger partial charge >= 0.3 is 0 Å². The highest BCUT2D eigenvalue weighted by Gasteiger charge is 2.33. The third kappa shape index (κ3) is 3.02. The molecule has 0 aliphatic heterocycles. The quantitative estimate of drug-likeness (QED) is 0.841. The summed E-state index contributed by atoms with van der Waals surface area (Å²) in [4.78, 5) is 0. The fourth-order valence-electron chi connectivity index (χ4n) is 2.87. The van der Waals surface area contributed by atoms with Gasteiger partial charge in [0.2, 0.25) is 0 Å². The lowest BCUT2D eigenvalue weighted by Crippen LogP contribution is -2.31. The Labute approximate surface area is 120 Å². The van der Waals surface area contributed by atoms with Crippen molar-refractivity contribution >= 4 is 23.3 Å². The average Bonchev–Trinajstić information content (AvgIpc) is 2.97. The summed E-state index contributed by atoms with van der Waals surface area (Å²) in [5, 5.41) is 8.09. The molecule has 0 spiro atoms. The lowest BCUT2D eigenvalue weighted by atomic mass is 10.1. The van der Waals surface area contributed by atoms with E-state index in [1.165, 1.54) is 25.7 Å². The van der Waals surface area contributed by atoms with E-state index in [2.05, 4.69) is 23.6 Å². The van der Waals surface area contributed by atoms with E-state index in [1.54, 1.807) is 0 Å². The molecule has 108 valence electrons. The van der Waals surface area contributed by atoms with Crippen LogP contribution in [0, 0.1) is 6.92 Å². The molecule has 0 amide bonds. The van der Waals surface area contributed by atoms with E-state index >= 15 is 0 Å². The van der Waals surface area contributed by atoms with Gasteiger partial charge in [-0.1, -0.05) is 19.8 Å². The lowest BCUT2D eigenvalue weighted by molar-refractivity contribution is 0.591. The maximum atomic E-state index is 6.15. The third-order valence-corrected chi connectivity index (χ3v) is 5.55. The Bertz CT molecular complexity index is 421. The number of hydrogen-bond donors (Lipinski definition) is 2. The Morgan fingerprint density at radius 1 is 1.42 bits per heavy atom. The largest absolute Gasteiger partial charge is 0.394 e. The Kier molecular flexibility index (Phi) is 4.66. The van der Waals surface area contributed by atoms with Gasteiger partial charge in [0.05, 0.1) is 11.4 Å². The fraction of sp³-hybridized carbons (Fsp3) is 0.786. The second kappa shape index (κ2) is 6.07. The SMILES string of the molecule is CCCn1nc(C)c(N)c1NCC1(SC)CCCC1. The lowest BCUT2D eigenvalue weighted by Gasteiger charge is -2.27. The zero-order chi connectivity index (χ0) is 13.9. The molecule has 0 aromatic carbocycles. The van der Waals surface area contributed by atoms with Gasteiger partial charge in [0.15, 0.2) is 0 Å². The van der Waals surface area contributed by atoms with Crippen molar-refractivity contribution in [2.75, 3.05) is 23.9 Å². The number of anilines is 2. The molecule has 5 heteroatoms. The second-order valence-corrected chi connectivity index (χ2v) is 6.79. The Hall–Kier alpha value is -0.840. The molecule has 1 heterocycles. The molecule has 0 atom stereocenters. The van der Waals surface area contributed by atoms with Crippen LogP contribution < -0.4 is 11.1 Å². The monoisotopic (exact) mass is 282 g/mol. The van der Waals surface area contributed by atoms with Crippen LogP contribution in [0.5, 0.6) is 0 Å². The Morgan fingerprint density at radius 3 is 2.68 bits per heavy atom. The molecule has 1 fully saturated rings. The molecule has 1 saturated carbocycles. The minimum Gasteiger partial charge on any atom is -0.394 e. The summed E-state index contributed by atoms with van der Waals surface area (Å²) >= 11 is 2.00. The number of aromatic nitrogens is 2. The van der Waals surface area contributed by atoms with Crippen molar-refractivity contribution in [1.82, 2.24) is 9.78 Å².